The van der Waals surface area contributed by atoms with Crippen LogP contribution in [0.1, 0.15) is 21.5 Å². The van der Waals surface area contributed by atoms with Crippen LogP contribution in [0.5, 0.6) is 5.75 Å². The third-order valence-electron chi connectivity index (χ3n) is 3.63. The van der Waals surface area contributed by atoms with Crippen LogP contribution in [0.3, 0.4) is 0 Å². The van der Waals surface area contributed by atoms with Crippen molar-refractivity contribution in [2.45, 2.75) is 0 Å². The highest BCUT2D eigenvalue weighted by Gasteiger charge is 2.19. The van der Waals surface area contributed by atoms with Crippen LogP contribution in [0.25, 0.3) is 11.0 Å². The summed E-state index contributed by atoms with van der Waals surface area (Å²) in [5.41, 5.74) is -0.280. The van der Waals surface area contributed by atoms with Crippen molar-refractivity contribution >= 4 is 22.7 Å². The number of nitrogens with one attached hydrogen (secondary N) is 1. The Morgan fingerprint density at radius 2 is 1.71 bits per heavy atom. The van der Waals surface area contributed by atoms with Crippen molar-refractivity contribution in [2.24, 2.45) is 0 Å². The molecule has 3 rings (SSSR count). The van der Waals surface area contributed by atoms with Gasteiger partial charge in [0.2, 0.25) is 0 Å². The third kappa shape index (κ3) is 2.54. The van der Waals surface area contributed by atoms with Crippen molar-refractivity contribution in [3.05, 3.63) is 75.6 Å². The highest BCUT2D eigenvalue weighted by Crippen LogP contribution is 2.27. The molecule has 0 aliphatic carbocycles. The molecule has 6 nitrogen and oxygen atoms in total. The van der Waals surface area contributed by atoms with E-state index < -0.39 is 11.6 Å². The fourth-order valence-corrected chi connectivity index (χ4v) is 2.39. The van der Waals surface area contributed by atoms with Gasteiger partial charge in [0.15, 0.2) is 0 Å². The predicted molar refractivity (Wildman–Crippen MR) is 87.9 cm³/mol. The van der Waals surface area contributed by atoms with E-state index in [9.17, 15) is 14.7 Å². The lowest BCUT2D eigenvalue weighted by Gasteiger charge is -2.08. The lowest BCUT2D eigenvalue weighted by molar-refractivity contribution is 0.0600. The maximum Gasteiger partial charge on any atom is 0.349 e. The summed E-state index contributed by atoms with van der Waals surface area (Å²) in [6.45, 7) is 0. The van der Waals surface area contributed by atoms with E-state index in [1.165, 1.54) is 31.4 Å². The van der Waals surface area contributed by atoms with Crippen LogP contribution in [0.4, 0.5) is 0 Å². The highest BCUT2D eigenvalue weighted by molar-refractivity contribution is 6.14. The van der Waals surface area contributed by atoms with Crippen LogP contribution in [0.15, 0.2) is 57.7 Å². The normalized spacial score (nSPS) is 10.5. The zero-order valence-corrected chi connectivity index (χ0v) is 12.7. The molecule has 0 amide bonds. The van der Waals surface area contributed by atoms with Gasteiger partial charge in [-0.05, 0) is 24.3 Å². The summed E-state index contributed by atoms with van der Waals surface area (Å²) >= 11 is 0. The number of esters is 1. The van der Waals surface area contributed by atoms with Gasteiger partial charge in [0.05, 0.1) is 23.8 Å². The Labute approximate surface area is 136 Å². The van der Waals surface area contributed by atoms with Gasteiger partial charge in [-0.3, -0.25) is 5.41 Å². The first-order valence-corrected chi connectivity index (χ1v) is 7.05. The Balaban J connectivity index is 2.09. The minimum atomic E-state index is -0.798. The molecule has 0 aliphatic rings. The quantitative estimate of drug-likeness (QED) is 0.438. The molecule has 2 N–H and O–H groups in total. The van der Waals surface area contributed by atoms with Crippen molar-refractivity contribution in [1.29, 1.82) is 5.41 Å². The summed E-state index contributed by atoms with van der Waals surface area (Å²) in [5.74, 6) is -0.801. The molecule has 1 aromatic heterocycles. The van der Waals surface area contributed by atoms with Crippen LogP contribution < -0.4 is 5.63 Å². The number of carbonyl (C=O) groups is 1. The molecule has 0 radical (unpaired) electrons. The van der Waals surface area contributed by atoms with E-state index in [2.05, 4.69) is 4.74 Å². The Kier molecular flexibility index (Phi) is 3.87. The molecule has 0 spiro atoms. The van der Waals surface area contributed by atoms with E-state index in [1.54, 1.807) is 24.3 Å². The first-order chi connectivity index (χ1) is 11.5. The number of para-hydroxylation sites is 1. The SMILES string of the molecule is COC(=O)c1ccc(C(=N)c2c(O)c3ccccc3oc2=O)cc1. The summed E-state index contributed by atoms with van der Waals surface area (Å²) in [6.07, 6.45) is 0. The second-order valence-corrected chi connectivity index (χ2v) is 5.05. The molecule has 6 heteroatoms. The number of fused-ring (bicyclic) bond motifs is 1. The summed E-state index contributed by atoms with van der Waals surface area (Å²) in [5, 5.41) is 18.9. The van der Waals surface area contributed by atoms with Gasteiger partial charge in [-0.15, -0.1) is 0 Å². The molecule has 120 valence electrons. The van der Waals surface area contributed by atoms with Gasteiger partial charge in [-0.2, -0.15) is 0 Å². The largest absolute Gasteiger partial charge is 0.506 e. The first-order valence-electron chi connectivity index (χ1n) is 7.05. The summed E-state index contributed by atoms with van der Waals surface area (Å²) in [4.78, 5) is 23.6. The molecule has 0 unspecified atom stereocenters. The molecule has 2 aromatic carbocycles. The second-order valence-electron chi connectivity index (χ2n) is 5.05. The smallest absolute Gasteiger partial charge is 0.349 e. The van der Waals surface area contributed by atoms with Crippen LogP contribution in [-0.4, -0.2) is 23.9 Å². The zero-order chi connectivity index (χ0) is 17.3. The van der Waals surface area contributed by atoms with Gasteiger partial charge in [0, 0.05) is 5.56 Å². The number of rotatable bonds is 3. The average molecular weight is 323 g/mol. The molecule has 0 aliphatic heterocycles. The molecule has 24 heavy (non-hydrogen) atoms. The molecule has 1 heterocycles. The minimum absolute atomic E-state index is 0.191. The Morgan fingerprint density at radius 3 is 2.38 bits per heavy atom. The number of carbonyl (C=O) groups excluding carboxylic acids is 1. The van der Waals surface area contributed by atoms with Crippen molar-refractivity contribution in [1.82, 2.24) is 0 Å². The fourth-order valence-electron chi connectivity index (χ4n) is 2.39. The molecular formula is C18H13NO5. The number of aromatic hydroxyl groups is 1. The van der Waals surface area contributed by atoms with Gasteiger partial charge in [-0.25, -0.2) is 9.59 Å². The van der Waals surface area contributed by atoms with E-state index >= 15 is 0 Å². The van der Waals surface area contributed by atoms with E-state index in [0.29, 0.717) is 16.5 Å². The van der Waals surface area contributed by atoms with Crippen molar-refractivity contribution in [3.63, 3.8) is 0 Å². The zero-order valence-electron chi connectivity index (χ0n) is 12.7. The maximum atomic E-state index is 12.1. The van der Waals surface area contributed by atoms with Crippen molar-refractivity contribution in [3.8, 4) is 5.75 Å². The number of hydrogen-bond acceptors (Lipinski definition) is 6. The highest BCUT2D eigenvalue weighted by atomic mass is 16.5. The van der Waals surface area contributed by atoms with E-state index in [4.69, 9.17) is 9.83 Å². The standard InChI is InChI=1S/C18H13NO5/c1-23-17(21)11-8-6-10(7-9-11)15(19)14-16(20)12-4-2-3-5-13(12)24-18(14)22/h2-9,19-20H,1H3. The van der Waals surface area contributed by atoms with Crippen LogP contribution in [-0.2, 0) is 4.74 Å². The van der Waals surface area contributed by atoms with Gasteiger partial charge in [0.1, 0.15) is 16.9 Å². The van der Waals surface area contributed by atoms with E-state index in [1.807, 2.05) is 0 Å². The number of benzene rings is 2. The van der Waals surface area contributed by atoms with E-state index in [-0.39, 0.29) is 22.6 Å². The third-order valence-corrected chi connectivity index (χ3v) is 3.63. The predicted octanol–water partition coefficient (Wildman–Crippen LogP) is 2.70. The topological polar surface area (TPSA) is 101 Å². The number of hydrogen-bond donors (Lipinski definition) is 2. The average Bonchev–Trinajstić information content (AvgIpc) is 2.61. The molecule has 0 fully saturated rings. The van der Waals surface area contributed by atoms with Crippen LogP contribution in [0, 0.1) is 5.41 Å². The van der Waals surface area contributed by atoms with Crippen LogP contribution >= 0.6 is 0 Å². The molecule has 0 atom stereocenters. The lowest BCUT2D eigenvalue weighted by atomic mass is 10.0. The molecular weight excluding hydrogens is 310 g/mol. The molecule has 0 bridgehead atoms. The maximum absolute atomic E-state index is 12.1. The number of ether oxygens (including phenoxy) is 1. The summed E-state index contributed by atoms with van der Waals surface area (Å²) in [7, 11) is 1.27. The lowest BCUT2D eigenvalue weighted by Crippen LogP contribution is -2.15. The molecule has 0 saturated heterocycles. The molecule has 0 saturated carbocycles. The number of methoxy groups -OCH3 is 1. The Hall–Kier alpha value is -3.41. The summed E-state index contributed by atoms with van der Waals surface area (Å²) in [6, 6.07) is 12.5. The van der Waals surface area contributed by atoms with Gasteiger partial charge in [0.25, 0.3) is 0 Å². The van der Waals surface area contributed by atoms with Gasteiger partial charge < -0.3 is 14.3 Å². The Bertz CT molecular complexity index is 1000. The Morgan fingerprint density at radius 1 is 1.08 bits per heavy atom. The molecule has 3 aromatic rings. The van der Waals surface area contributed by atoms with Gasteiger partial charge in [-0.1, -0.05) is 24.3 Å². The van der Waals surface area contributed by atoms with Crippen molar-refractivity contribution < 1.29 is 19.1 Å². The fraction of sp³-hybridized carbons (Fsp3) is 0.0556. The van der Waals surface area contributed by atoms with Gasteiger partial charge >= 0.3 is 11.6 Å². The summed E-state index contributed by atoms with van der Waals surface area (Å²) < 4.78 is 9.78. The van der Waals surface area contributed by atoms with E-state index in [0.717, 1.165) is 0 Å². The monoisotopic (exact) mass is 323 g/mol. The second kappa shape index (κ2) is 6.00. The minimum Gasteiger partial charge on any atom is -0.506 e. The van der Waals surface area contributed by atoms with Crippen molar-refractivity contribution in [2.75, 3.05) is 7.11 Å². The van der Waals surface area contributed by atoms with Crippen LogP contribution in [0.2, 0.25) is 0 Å². The first kappa shape index (κ1) is 15.5.